The topological polar surface area (TPSA) is 121 Å². The van der Waals surface area contributed by atoms with Crippen LogP contribution in [0.1, 0.15) is 59.8 Å². The molecule has 4 N–H and O–H groups in total. The maximum Gasteiger partial charge on any atom is 0.321 e. The van der Waals surface area contributed by atoms with Gasteiger partial charge in [-0.2, -0.15) is 5.10 Å². The number of aryl methyl sites for hydroxylation is 1. The number of hydrogen-bond acceptors (Lipinski definition) is 6. The van der Waals surface area contributed by atoms with Gasteiger partial charge in [0.1, 0.15) is 5.82 Å². The highest BCUT2D eigenvalue weighted by Gasteiger charge is 2.32. The Morgan fingerprint density at radius 1 is 1.08 bits per heavy atom. The monoisotopic (exact) mass is 552 g/mol. The predicted molar refractivity (Wildman–Crippen MR) is 156 cm³/mol. The summed E-state index contributed by atoms with van der Waals surface area (Å²) in [6.45, 7) is 4.74. The smallest absolute Gasteiger partial charge is 0.321 e. The summed E-state index contributed by atoms with van der Waals surface area (Å²) in [6, 6.07) is 6.48. The Kier molecular flexibility index (Phi) is 9.78. The molecule has 0 unspecified atom stereocenters. The lowest BCUT2D eigenvalue weighted by Gasteiger charge is -2.35. The summed E-state index contributed by atoms with van der Waals surface area (Å²) < 4.78 is 1.82. The quantitative estimate of drug-likeness (QED) is 0.431. The highest BCUT2D eigenvalue weighted by Crippen LogP contribution is 2.34. The van der Waals surface area contributed by atoms with E-state index >= 15 is 0 Å². The van der Waals surface area contributed by atoms with Crippen molar-refractivity contribution in [3.63, 3.8) is 0 Å². The van der Waals surface area contributed by atoms with Crippen molar-refractivity contribution in [3.8, 4) is 12.8 Å². The number of rotatable bonds is 4. The number of nitrogens with one attached hydrogen (secondary N) is 1. The number of urea groups is 1. The van der Waals surface area contributed by atoms with Crippen LogP contribution in [-0.4, -0.2) is 70.1 Å². The molecule has 208 valence electrons. The highest BCUT2D eigenvalue weighted by atomic mass is 35.5. The molecule has 1 atom stereocenters. The van der Waals surface area contributed by atoms with Gasteiger partial charge < -0.3 is 26.2 Å². The highest BCUT2D eigenvalue weighted by molar-refractivity contribution is 6.31. The van der Waals surface area contributed by atoms with E-state index in [-0.39, 0.29) is 24.1 Å². The zero-order chi connectivity index (χ0) is 27.4. The Hall–Kier alpha value is -3.81. The number of terminal acetylenes is 1. The maximum absolute atomic E-state index is 13.9. The van der Waals surface area contributed by atoms with Gasteiger partial charge in [0.15, 0.2) is 5.65 Å². The molecule has 0 bridgehead atoms. The fraction of sp³-hybridized carbons (Fsp3) is 0.429. The van der Waals surface area contributed by atoms with E-state index in [2.05, 4.69) is 30.0 Å². The number of likely N-dealkylation sites (tertiary alicyclic amines) is 1. The Labute approximate surface area is 234 Å². The third-order valence-corrected chi connectivity index (χ3v) is 7.23. The molecule has 3 aromatic rings. The molecule has 39 heavy (non-hydrogen) atoms. The van der Waals surface area contributed by atoms with Gasteiger partial charge in [-0.15, -0.1) is 12.8 Å². The second kappa shape index (κ2) is 12.8. The van der Waals surface area contributed by atoms with Crippen molar-refractivity contribution < 1.29 is 9.59 Å². The number of halogens is 1. The Morgan fingerprint density at radius 3 is 2.46 bits per heavy atom. The SMILES string of the molecule is C#C.Cc1cn2nc([C@@H]3CCCCN3C(=O)c3cc(Cl)ccc3NC(=O)N(C)C)cc2nc1N1CCCC1.N. The first kappa shape index (κ1) is 29.7. The average Bonchev–Trinajstić information content (AvgIpc) is 3.60. The first-order valence-corrected chi connectivity index (χ1v) is 13.2. The number of carbonyl (C=O) groups excluding carboxylic acids is 2. The van der Waals surface area contributed by atoms with Crippen molar-refractivity contribution in [3.05, 3.63) is 52.3 Å². The minimum absolute atomic E-state index is 0. The van der Waals surface area contributed by atoms with Crippen molar-refractivity contribution in [1.82, 2.24) is 30.5 Å². The third kappa shape index (κ3) is 6.27. The van der Waals surface area contributed by atoms with Crippen LogP contribution in [0.25, 0.3) is 5.65 Å². The fourth-order valence-corrected chi connectivity index (χ4v) is 5.27. The molecule has 2 aromatic heterocycles. The number of carbonyl (C=O) groups is 2. The summed E-state index contributed by atoms with van der Waals surface area (Å²) in [6.07, 6.45) is 15.1. The molecule has 11 heteroatoms. The lowest BCUT2D eigenvalue weighted by molar-refractivity contribution is 0.0607. The summed E-state index contributed by atoms with van der Waals surface area (Å²) in [7, 11) is 3.31. The molecule has 2 aliphatic rings. The van der Waals surface area contributed by atoms with Crippen molar-refractivity contribution in [1.29, 1.82) is 0 Å². The van der Waals surface area contributed by atoms with Crippen molar-refractivity contribution >= 4 is 40.7 Å². The average molecular weight is 553 g/mol. The number of fused-ring (bicyclic) bond motifs is 1. The van der Waals surface area contributed by atoms with E-state index in [0.29, 0.717) is 22.8 Å². The van der Waals surface area contributed by atoms with Gasteiger partial charge in [-0.05, 0) is 57.2 Å². The van der Waals surface area contributed by atoms with Gasteiger partial charge in [0.25, 0.3) is 5.91 Å². The summed E-state index contributed by atoms with van der Waals surface area (Å²) in [5.41, 5.74) is 3.52. The van der Waals surface area contributed by atoms with Crippen LogP contribution in [-0.2, 0) is 0 Å². The predicted octanol–water partition coefficient (Wildman–Crippen LogP) is 5.16. The molecule has 1 aromatic carbocycles. The Bertz CT molecular complexity index is 1350. The van der Waals surface area contributed by atoms with Gasteiger partial charge in [-0.1, -0.05) is 11.6 Å². The molecular formula is C28H37ClN8O2. The molecule has 10 nitrogen and oxygen atoms in total. The normalized spacial score (nSPS) is 16.7. The second-order valence-electron chi connectivity index (χ2n) is 9.84. The van der Waals surface area contributed by atoms with E-state index in [9.17, 15) is 9.59 Å². The number of piperidine rings is 1. The van der Waals surface area contributed by atoms with E-state index in [4.69, 9.17) is 21.7 Å². The molecule has 2 saturated heterocycles. The van der Waals surface area contributed by atoms with Gasteiger partial charge in [0, 0.05) is 56.6 Å². The summed E-state index contributed by atoms with van der Waals surface area (Å²) in [5, 5.41) is 8.10. The summed E-state index contributed by atoms with van der Waals surface area (Å²) >= 11 is 6.27. The first-order valence-electron chi connectivity index (χ1n) is 12.9. The van der Waals surface area contributed by atoms with Crippen LogP contribution in [0.4, 0.5) is 16.3 Å². The number of amides is 3. The second-order valence-corrected chi connectivity index (χ2v) is 10.3. The third-order valence-electron chi connectivity index (χ3n) is 6.99. The zero-order valence-electron chi connectivity index (χ0n) is 22.9. The largest absolute Gasteiger partial charge is 0.356 e. The van der Waals surface area contributed by atoms with Gasteiger partial charge >= 0.3 is 6.03 Å². The fourth-order valence-electron chi connectivity index (χ4n) is 5.10. The van der Waals surface area contributed by atoms with E-state index in [1.54, 1.807) is 32.3 Å². The minimum atomic E-state index is -0.308. The molecule has 2 fully saturated rings. The molecule has 5 rings (SSSR count). The zero-order valence-corrected chi connectivity index (χ0v) is 23.6. The van der Waals surface area contributed by atoms with Crippen molar-refractivity contribution in [2.75, 3.05) is 43.9 Å². The van der Waals surface area contributed by atoms with E-state index in [1.165, 1.54) is 17.7 Å². The van der Waals surface area contributed by atoms with Gasteiger partial charge in [0.2, 0.25) is 0 Å². The van der Waals surface area contributed by atoms with Crippen LogP contribution >= 0.6 is 11.6 Å². The molecule has 0 spiro atoms. The van der Waals surface area contributed by atoms with Gasteiger partial charge in [0.05, 0.1) is 23.0 Å². The lowest BCUT2D eigenvalue weighted by atomic mass is 9.98. The summed E-state index contributed by atoms with van der Waals surface area (Å²) in [5.74, 6) is 0.846. The van der Waals surface area contributed by atoms with E-state index in [0.717, 1.165) is 55.1 Å². The Balaban J connectivity index is 0.00000137. The van der Waals surface area contributed by atoms with E-state index < -0.39 is 0 Å². The molecule has 0 aliphatic carbocycles. The lowest BCUT2D eigenvalue weighted by Crippen LogP contribution is -2.39. The molecule has 0 saturated carbocycles. The molecule has 2 aliphatic heterocycles. The number of anilines is 2. The number of aromatic nitrogens is 3. The van der Waals surface area contributed by atoms with Crippen LogP contribution in [0.2, 0.25) is 5.02 Å². The standard InChI is InChI=1S/C26H32ClN7O2.C2H2.H3N/c1-17-16-34-23(29-24(17)32-11-6-7-12-32)15-21(30-34)22-8-4-5-13-33(22)25(35)19-14-18(27)9-10-20(19)28-26(36)31(2)3;1-2;/h9-10,14-16,22H,4-8,11-13H2,1-3H3,(H,28,36);1-2H;1H3/t22-;;/m0../s1. The number of benzene rings is 1. The van der Waals surface area contributed by atoms with Crippen LogP contribution in [0.3, 0.4) is 0 Å². The van der Waals surface area contributed by atoms with Gasteiger partial charge in [-0.3, -0.25) is 4.79 Å². The molecular weight excluding hydrogens is 516 g/mol. The maximum atomic E-state index is 13.9. The molecule has 3 amide bonds. The molecule has 4 heterocycles. The Morgan fingerprint density at radius 2 is 1.77 bits per heavy atom. The van der Waals surface area contributed by atoms with Crippen LogP contribution in [0.15, 0.2) is 30.5 Å². The van der Waals surface area contributed by atoms with Gasteiger partial charge in [-0.25, -0.2) is 14.3 Å². The van der Waals surface area contributed by atoms with Crippen LogP contribution in [0.5, 0.6) is 0 Å². The van der Waals surface area contributed by atoms with Crippen LogP contribution < -0.4 is 16.4 Å². The van der Waals surface area contributed by atoms with Crippen LogP contribution in [0, 0.1) is 19.8 Å². The van der Waals surface area contributed by atoms with Crippen molar-refractivity contribution in [2.24, 2.45) is 0 Å². The molecule has 0 radical (unpaired) electrons. The number of hydrogen-bond donors (Lipinski definition) is 2. The van der Waals surface area contributed by atoms with Crippen molar-refractivity contribution in [2.45, 2.75) is 45.1 Å². The number of nitrogens with zero attached hydrogens (tertiary/aromatic N) is 6. The minimum Gasteiger partial charge on any atom is -0.356 e. The first-order chi connectivity index (χ1) is 18.3. The summed E-state index contributed by atoms with van der Waals surface area (Å²) in [4.78, 5) is 36.7. The van der Waals surface area contributed by atoms with E-state index in [1.807, 2.05) is 21.7 Å².